The van der Waals surface area contributed by atoms with E-state index in [1.165, 1.54) is 12.8 Å². The Morgan fingerprint density at radius 2 is 2.07 bits per heavy atom. The molecule has 146 valence electrons. The molecule has 1 saturated carbocycles. The quantitative estimate of drug-likeness (QED) is 0.521. The Morgan fingerprint density at radius 3 is 2.75 bits per heavy atom. The van der Waals surface area contributed by atoms with Gasteiger partial charge >= 0.3 is 0 Å². The molecule has 1 aliphatic rings. The van der Waals surface area contributed by atoms with Crippen LogP contribution in [0.1, 0.15) is 54.4 Å². The van der Waals surface area contributed by atoms with Gasteiger partial charge in [-0.15, -0.1) is 21.5 Å². The summed E-state index contributed by atoms with van der Waals surface area (Å²) in [5.41, 5.74) is 1.10. The van der Waals surface area contributed by atoms with Gasteiger partial charge in [-0.3, -0.25) is 4.79 Å². The van der Waals surface area contributed by atoms with E-state index in [0.29, 0.717) is 18.1 Å². The summed E-state index contributed by atoms with van der Waals surface area (Å²) in [7, 11) is 0. The third-order valence-electron chi connectivity index (χ3n) is 4.83. The Morgan fingerprint density at radius 1 is 1.25 bits per heavy atom. The van der Waals surface area contributed by atoms with Crippen molar-refractivity contribution in [1.82, 2.24) is 20.1 Å². The van der Waals surface area contributed by atoms with Crippen LogP contribution in [0.25, 0.3) is 0 Å². The third-order valence-corrected chi connectivity index (χ3v) is 6.74. The van der Waals surface area contributed by atoms with Gasteiger partial charge in [-0.05, 0) is 36.8 Å². The molecule has 0 radical (unpaired) electrons. The van der Waals surface area contributed by atoms with Gasteiger partial charge in [-0.25, -0.2) is 0 Å². The van der Waals surface area contributed by atoms with Crippen LogP contribution in [-0.4, -0.2) is 26.4 Å². The molecule has 3 aromatic rings. The average molecular weight is 413 g/mol. The number of amides is 1. The van der Waals surface area contributed by atoms with Gasteiger partial charge in [0, 0.05) is 29.5 Å². The van der Waals surface area contributed by atoms with Crippen LogP contribution in [-0.2, 0) is 11.3 Å². The Balaban J connectivity index is 1.36. The maximum absolute atomic E-state index is 12.6. The second-order valence-corrected chi connectivity index (χ2v) is 8.93. The first-order valence-corrected chi connectivity index (χ1v) is 11.6. The first-order valence-electron chi connectivity index (χ1n) is 9.70. The van der Waals surface area contributed by atoms with Crippen molar-refractivity contribution < 1.29 is 4.79 Å². The number of thioether (sulfide) groups is 1. The van der Waals surface area contributed by atoms with Gasteiger partial charge in [0.25, 0.3) is 0 Å². The first-order chi connectivity index (χ1) is 13.8. The zero-order valence-electron chi connectivity index (χ0n) is 15.9. The summed E-state index contributed by atoms with van der Waals surface area (Å²) < 4.78 is 2.19. The van der Waals surface area contributed by atoms with Crippen molar-refractivity contribution in [3.8, 4) is 0 Å². The molecular weight excluding hydrogens is 388 g/mol. The number of thiophene rings is 1. The van der Waals surface area contributed by atoms with Gasteiger partial charge in [-0.2, -0.15) is 0 Å². The Bertz CT molecular complexity index is 904. The van der Waals surface area contributed by atoms with Crippen LogP contribution in [0.15, 0.2) is 53.0 Å². The van der Waals surface area contributed by atoms with Gasteiger partial charge in [-0.1, -0.05) is 48.2 Å². The van der Waals surface area contributed by atoms with Crippen LogP contribution in [0, 0.1) is 0 Å². The number of carbonyl (C=O) groups excluding carboxylic acids is 1. The minimum Gasteiger partial charge on any atom is -0.344 e. The molecule has 1 aliphatic carbocycles. The maximum Gasteiger partial charge on any atom is 0.221 e. The number of hydrogen-bond acceptors (Lipinski definition) is 5. The molecule has 1 N–H and O–H groups in total. The van der Waals surface area contributed by atoms with Crippen molar-refractivity contribution in [2.24, 2.45) is 0 Å². The molecule has 2 heterocycles. The number of hydrogen-bond donors (Lipinski definition) is 1. The second-order valence-electron chi connectivity index (χ2n) is 6.88. The Hall–Kier alpha value is -2.12. The van der Waals surface area contributed by atoms with E-state index in [-0.39, 0.29) is 11.9 Å². The fraction of sp³-hybridized carbons (Fsp3) is 0.381. The third kappa shape index (κ3) is 4.47. The monoisotopic (exact) mass is 412 g/mol. The lowest BCUT2D eigenvalue weighted by atomic mass is 10.1. The summed E-state index contributed by atoms with van der Waals surface area (Å²) in [6, 6.07) is 14.1. The molecule has 4 rings (SSSR count). The Labute approximate surface area is 173 Å². The number of nitrogens with one attached hydrogen (secondary N) is 1. The molecule has 0 spiro atoms. The van der Waals surface area contributed by atoms with E-state index in [4.69, 9.17) is 0 Å². The van der Waals surface area contributed by atoms with Crippen LogP contribution in [0.4, 0.5) is 0 Å². The standard InChI is InChI=1S/C21H24N4OS2/c1-2-25-20(16-10-11-16)23-24-21(25)28-14-12-18(26)22-19(17-9-6-13-27-17)15-7-4-3-5-8-15/h3-9,13,16,19H,2,10-12,14H2,1H3,(H,22,26). The summed E-state index contributed by atoms with van der Waals surface area (Å²) in [5.74, 6) is 2.44. The van der Waals surface area contributed by atoms with E-state index in [0.717, 1.165) is 28.0 Å². The van der Waals surface area contributed by atoms with E-state index < -0.39 is 0 Å². The summed E-state index contributed by atoms with van der Waals surface area (Å²) >= 11 is 3.28. The number of aromatic nitrogens is 3. The highest BCUT2D eigenvalue weighted by Crippen LogP contribution is 2.40. The van der Waals surface area contributed by atoms with Crippen molar-refractivity contribution in [2.75, 3.05) is 5.75 Å². The largest absolute Gasteiger partial charge is 0.344 e. The molecule has 0 bridgehead atoms. The predicted molar refractivity (Wildman–Crippen MR) is 114 cm³/mol. The van der Waals surface area contributed by atoms with Crippen molar-refractivity contribution in [3.05, 3.63) is 64.1 Å². The van der Waals surface area contributed by atoms with Crippen LogP contribution < -0.4 is 5.32 Å². The fourth-order valence-electron chi connectivity index (χ4n) is 3.24. The van der Waals surface area contributed by atoms with E-state index in [1.807, 2.05) is 29.6 Å². The van der Waals surface area contributed by atoms with E-state index >= 15 is 0 Å². The van der Waals surface area contributed by atoms with Crippen molar-refractivity contribution >= 4 is 29.0 Å². The smallest absolute Gasteiger partial charge is 0.221 e. The zero-order valence-corrected chi connectivity index (χ0v) is 17.5. The summed E-state index contributed by atoms with van der Waals surface area (Å²) in [4.78, 5) is 13.8. The van der Waals surface area contributed by atoms with Crippen molar-refractivity contribution in [1.29, 1.82) is 0 Å². The van der Waals surface area contributed by atoms with Crippen LogP contribution in [0.3, 0.4) is 0 Å². The molecule has 1 fully saturated rings. The van der Waals surface area contributed by atoms with Crippen LogP contribution in [0.2, 0.25) is 0 Å². The summed E-state index contributed by atoms with van der Waals surface area (Å²) in [6.45, 7) is 3.00. The minimum atomic E-state index is -0.0977. The number of rotatable bonds is 9. The number of nitrogens with zero attached hydrogens (tertiary/aromatic N) is 3. The number of benzene rings is 1. The van der Waals surface area contributed by atoms with Crippen molar-refractivity contribution in [3.63, 3.8) is 0 Å². The first kappa shape index (κ1) is 19.2. The van der Waals surface area contributed by atoms with Gasteiger partial charge in [0.1, 0.15) is 5.82 Å². The van der Waals surface area contributed by atoms with Crippen molar-refractivity contribution in [2.45, 2.75) is 49.8 Å². The average Bonchev–Trinajstić information content (AvgIpc) is 3.26. The molecular formula is C21H24N4OS2. The molecule has 0 saturated heterocycles. The van der Waals surface area contributed by atoms with Gasteiger partial charge in [0.05, 0.1) is 6.04 Å². The molecule has 2 aromatic heterocycles. The van der Waals surface area contributed by atoms with E-state index in [2.05, 4.69) is 45.2 Å². The molecule has 1 aromatic carbocycles. The normalized spacial score (nSPS) is 14.8. The molecule has 1 amide bonds. The molecule has 1 unspecified atom stereocenters. The SMILES string of the molecule is CCn1c(SCCC(=O)NC(c2ccccc2)c2cccs2)nnc1C1CC1. The summed E-state index contributed by atoms with van der Waals surface area (Å²) in [6.07, 6.45) is 2.89. The topological polar surface area (TPSA) is 59.8 Å². The summed E-state index contributed by atoms with van der Waals surface area (Å²) in [5, 5.41) is 14.9. The fourth-order valence-corrected chi connectivity index (χ4v) is 4.99. The molecule has 5 nitrogen and oxygen atoms in total. The molecule has 1 atom stereocenters. The van der Waals surface area contributed by atoms with Crippen LogP contribution in [0.5, 0.6) is 0 Å². The lowest BCUT2D eigenvalue weighted by Crippen LogP contribution is -2.29. The molecule has 28 heavy (non-hydrogen) atoms. The zero-order chi connectivity index (χ0) is 19.3. The lowest BCUT2D eigenvalue weighted by Gasteiger charge is -2.18. The van der Waals surface area contributed by atoms with Gasteiger partial charge < -0.3 is 9.88 Å². The lowest BCUT2D eigenvalue weighted by molar-refractivity contribution is -0.121. The van der Waals surface area contributed by atoms with Crippen LogP contribution >= 0.6 is 23.1 Å². The predicted octanol–water partition coefficient (Wildman–Crippen LogP) is 4.62. The highest BCUT2D eigenvalue weighted by molar-refractivity contribution is 7.99. The van der Waals surface area contributed by atoms with E-state index in [1.54, 1.807) is 23.1 Å². The highest BCUT2D eigenvalue weighted by Gasteiger charge is 2.30. The second kappa shape index (κ2) is 8.92. The maximum atomic E-state index is 12.6. The minimum absolute atomic E-state index is 0.0553. The highest BCUT2D eigenvalue weighted by atomic mass is 32.2. The van der Waals surface area contributed by atoms with E-state index in [9.17, 15) is 4.79 Å². The van der Waals surface area contributed by atoms with Gasteiger partial charge in [0.15, 0.2) is 5.16 Å². The molecule has 0 aliphatic heterocycles. The van der Waals surface area contributed by atoms with Gasteiger partial charge in [0.2, 0.25) is 5.91 Å². The number of carbonyl (C=O) groups is 1. The Kier molecular flexibility index (Phi) is 6.12. The molecule has 7 heteroatoms.